The average molecular weight is 224 g/mol. The van der Waals surface area contributed by atoms with Crippen LogP contribution in [-0.2, 0) is 0 Å². The van der Waals surface area contributed by atoms with Crippen molar-refractivity contribution in [2.45, 2.75) is 53.4 Å². The molecule has 0 spiro atoms. The summed E-state index contributed by atoms with van der Waals surface area (Å²) in [7, 11) is 0. The Morgan fingerprint density at radius 1 is 0.824 bits per heavy atom. The summed E-state index contributed by atoms with van der Waals surface area (Å²) in [6, 6.07) is 0. The van der Waals surface area contributed by atoms with E-state index in [2.05, 4.69) is 61.2 Å². The molecule has 0 radical (unpaired) electrons. The van der Waals surface area contributed by atoms with Gasteiger partial charge in [-0.2, -0.15) is 0 Å². The van der Waals surface area contributed by atoms with E-state index in [0.29, 0.717) is 0 Å². The minimum atomic E-state index is -0.275. The van der Waals surface area contributed by atoms with Gasteiger partial charge in [-0.1, -0.05) is 49.9 Å². The van der Waals surface area contributed by atoms with Crippen LogP contribution in [0.4, 0.5) is 0 Å². The molecule has 0 aliphatic heterocycles. The molecule has 0 N–H and O–H groups in total. The summed E-state index contributed by atoms with van der Waals surface area (Å²) in [6.45, 7) is 7.84. The molecule has 0 heterocycles. The fourth-order valence-corrected chi connectivity index (χ4v) is 1.35. The van der Waals surface area contributed by atoms with E-state index in [1.54, 1.807) is 13.8 Å². The van der Waals surface area contributed by atoms with Gasteiger partial charge in [0.2, 0.25) is 0 Å². The third-order valence-electron chi connectivity index (χ3n) is 2.33. The van der Waals surface area contributed by atoms with Crippen molar-refractivity contribution < 1.29 is 0 Å². The molecule has 0 atom stereocenters. The van der Waals surface area contributed by atoms with Gasteiger partial charge < -0.3 is 0 Å². The topological polar surface area (TPSA) is 0 Å². The first-order chi connectivity index (χ1) is 8.18. The van der Waals surface area contributed by atoms with Gasteiger partial charge in [0.25, 0.3) is 0 Å². The molecule has 17 heavy (non-hydrogen) atoms. The molecular formula is C17H20. The highest BCUT2D eigenvalue weighted by Crippen LogP contribution is 2.22. The van der Waals surface area contributed by atoms with Crippen LogP contribution in [0.25, 0.3) is 0 Å². The van der Waals surface area contributed by atoms with Crippen molar-refractivity contribution in [3.63, 3.8) is 0 Å². The monoisotopic (exact) mass is 224 g/mol. The predicted octanol–water partition coefficient (Wildman–Crippen LogP) is 3.63. The maximum Gasteiger partial charge on any atom is 0.0911 e. The lowest BCUT2D eigenvalue weighted by molar-refractivity contribution is 0.500. The minimum absolute atomic E-state index is 0.275. The second-order valence-electron chi connectivity index (χ2n) is 4.04. The molecule has 0 amide bonds. The highest BCUT2D eigenvalue weighted by Gasteiger charge is 2.17. The lowest BCUT2D eigenvalue weighted by Gasteiger charge is -2.15. The number of unbranched alkanes of at least 4 members (excludes halogenated alkanes) is 2. The largest absolute Gasteiger partial charge is 0.0925 e. The zero-order valence-corrected chi connectivity index (χ0v) is 11.3. The number of hydrogen-bond donors (Lipinski definition) is 0. The zero-order valence-electron chi connectivity index (χ0n) is 11.3. The third-order valence-corrected chi connectivity index (χ3v) is 2.33. The lowest BCUT2D eigenvalue weighted by atomic mass is 9.86. The van der Waals surface area contributed by atoms with Crippen molar-refractivity contribution in [2.75, 3.05) is 0 Å². The summed E-state index contributed by atoms with van der Waals surface area (Å²) in [5.41, 5.74) is -0.275. The van der Waals surface area contributed by atoms with Crippen molar-refractivity contribution in [1.82, 2.24) is 0 Å². The number of rotatable bonds is 4. The Bertz CT molecular complexity index is 411. The quantitative estimate of drug-likeness (QED) is 0.505. The molecular weight excluding hydrogens is 204 g/mol. The molecule has 0 aromatic rings. The molecule has 0 aliphatic carbocycles. The summed E-state index contributed by atoms with van der Waals surface area (Å²) in [4.78, 5) is 0. The molecule has 0 heteroatoms. The molecule has 0 aromatic heterocycles. The van der Waals surface area contributed by atoms with E-state index in [9.17, 15) is 0 Å². The second-order valence-corrected chi connectivity index (χ2v) is 4.04. The van der Waals surface area contributed by atoms with Crippen LogP contribution in [0.15, 0.2) is 0 Å². The fourth-order valence-electron chi connectivity index (χ4n) is 1.35. The van der Waals surface area contributed by atoms with Gasteiger partial charge in [0.15, 0.2) is 0 Å². The summed E-state index contributed by atoms with van der Waals surface area (Å²) in [6.07, 6.45) is 4.56. The molecule has 0 saturated heterocycles. The van der Waals surface area contributed by atoms with Gasteiger partial charge in [0, 0.05) is 0 Å². The Kier molecular flexibility index (Phi) is 8.48. The molecule has 88 valence electrons. The molecule has 0 nitrogen and oxygen atoms in total. The molecule has 0 aromatic carbocycles. The van der Waals surface area contributed by atoms with E-state index in [1.807, 2.05) is 0 Å². The molecule has 0 aliphatic rings. The van der Waals surface area contributed by atoms with Crippen LogP contribution in [0.5, 0.6) is 0 Å². The lowest BCUT2D eigenvalue weighted by Crippen LogP contribution is -2.10. The van der Waals surface area contributed by atoms with Crippen molar-refractivity contribution in [1.29, 1.82) is 0 Å². The van der Waals surface area contributed by atoms with Gasteiger partial charge in [-0.15, -0.1) is 0 Å². The van der Waals surface area contributed by atoms with E-state index in [0.717, 1.165) is 12.8 Å². The first-order valence-electron chi connectivity index (χ1n) is 6.06. The summed E-state index contributed by atoms with van der Waals surface area (Å²) < 4.78 is 0. The van der Waals surface area contributed by atoms with Crippen molar-refractivity contribution >= 4 is 0 Å². The molecule has 0 rings (SSSR count). The zero-order chi connectivity index (χ0) is 13.0. The number of hydrogen-bond acceptors (Lipinski definition) is 0. The Labute approximate surface area is 107 Å². The van der Waals surface area contributed by atoms with Crippen molar-refractivity contribution in [2.24, 2.45) is 5.41 Å². The normalized spacial score (nSPS) is 8.24. The van der Waals surface area contributed by atoms with Gasteiger partial charge in [0.1, 0.15) is 0 Å². The van der Waals surface area contributed by atoms with E-state index in [-0.39, 0.29) is 5.41 Å². The standard InChI is InChI=1S/C17H20/c1-5-8-11-14-17(4,15-12-9-6-2)16-13-10-7-3/h5,8,11,14H2,1-4H3. The van der Waals surface area contributed by atoms with E-state index < -0.39 is 0 Å². The Morgan fingerprint density at radius 3 is 1.76 bits per heavy atom. The van der Waals surface area contributed by atoms with E-state index in [4.69, 9.17) is 0 Å². The van der Waals surface area contributed by atoms with Gasteiger partial charge in [-0.3, -0.25) is 0 Å². The maximum absolute atomic E-state index is 3.15. The van der Waals surface area contributed by atoms with E-state index >= 15 is 0 Å². The van der Waals surface area contributed by atoms with Gasteiger partial charge in [0.05, 0.1) is 5.41 Å². The van der Waals surface area contributed by atoms with Crippen LogP contribution >= 0.6 is 0 Å². The summed E-state index contributed by atoms with van der Waals surface area (Å²) in [5.74, 6) is 23.1. The molecule has 0 bridgehead atoms. The first kappa shape index (κ1) is 15.2. The van der Waals surface area contributed by atoms with Crippen LogP contribution in [0.2, 0.25) is 0 Å². The van der Waals surface area contributed by atoms with Gasteiger partial charge in [-0.05, 0) is 50.9 Å². The Hall–Kier alpha value is -1.76. The summed E-state index contributed by atoms with van der Waals surface area (Å²) in [5, 5.41) is 0. The third kappa shape index (κ3) is 8.09. The average Bonchev–Trinajstić information content (AvgIpc) is 2.30. The molecule has 0 fully saturated rings. The Morgan fingerprint density at radius 2 is 1.35 bits per heavy atom. The highest BCUT2D eigenvalue weighted by atomic mass is 14.2. The maximum atomic E-state index is 3.15. The van der Waals surface area contributed by atoms with Crippen molar-refractivity contribution in [3.05, 3.63) is 0 Å². The second kappa shape index (κ2) is 9.46. The van der Waals surface area contributed by atoms with Crippen LogP contribution in [0.1, 0.15) is 53.4 Å². The van der Waals surface area contributed by atoms with Crippen LogP contribution in [0.3, 0.4) is 0 Å². The first-order valence-corrected chi connectivity index (χ1v) is 6.06. The fraction of sp³-hybridized carbons (Fsp3) is 0.529. The van der Waals surface area contributed by atoms with Crippen molar-refractivity contribution in [3.8, 4) is 47.4 Å². The van der Waals surface area contributed by atoms with Crippen LogP contribution in [0, 0.1) is 52.8 Å². The SMILES string of the molecule is CC#CC#CC(C)(C#CC#CC)CCCCC. The minimum Gasteiger partial charge on any atom is -0.0925 e. The van der Waals surface area contributed by atoms with E-state index in [1.165, 1.54) is 12.8 Å². The summed E-state index contributed by atoms with van der Waals surface area (Å²) >= 11 is 0. The molecule has 0 saturated carbocycles. The van der Waals surface area contributed by atoms with Gasteiger partial charge in [-0.25, -0.2) is 0 Å². The Balaban J connectivity index is 4.79. The highest BCUT2D eigenvalue weighted by molar-refractivity contribution is 5.36. The smallest absolute Gasteiger partial charge is 0.0911 e. The van der Waals surface area contributed by atoms with Crippen LogP contribution < -0.4 is 0 Å². The predicted molar refractivity (Wildman–Crippen MR) is 74.7 cm³/mol. The molecule has 0 unspecified atom stereocenters. The van der Waals surface area contributed by atoms with Gasteiger partial charge >= 0.3 is 0 Å². The van der Waals surface area contributed by atoms with Crippen LogP contribution in [-0.4, -0.2) is 0 Å².